The Morgan fingerprint density at radius 1 is 1.33 bits per heavy atom. The molecule has 1 saturated carbocycles. The maximum Gasteiger partial charge on any atom is 0.263 e. The van der Waals surface area contributed by atoms with Gasteiger partial charge in [0.2, 0.25) is 0 Å². The summed E-state index contributed by atoms with van der Waals surface area (Å²) in [6, 6.07) is 8.46. The van der Waals surface area contributed by atoms with Crippen LogP contribution in [0.3, 0.4) is 0 Å². The van der Waals surface area contributed by atoms with Crippen LogP contribution in [0.4, 0.5) is 5.69 Å². The average molecular weight is 327 g/mol. The van der Waals surface area contributed by atoms with Crippen LogP contribution in [0.15, 0.2) is 41.4 Å². The topological polar surface area (TPSA) is 71.3 Å². The van der Waals surface area contributed by atoms with Crippen molar-refractivity contribution in [3.63, 3.8) is 0 Å². The van der Waals surface area contributed by atoms with Gasteiger partial charge in [0.25, 0.3) is 10.0 Å². The van der Waals surface area contributed by atoms with Crippen molar-refractivity contribution in [2.45, 2.75) is 30.4 Å². The van der Waals surface area contributed by atoms with Gasteiger partial charge >= 0.3 is 0 Å². The minimum Gasteiger partial charge on any atom is -0.390 e. The Labute approximate surface area is 128 Å². The summed E-state index contributed by atoms with van der Waals surface area (Å²) >= 11 is 5.97. The van der Waals surface area contributed by atoms with Crippen LogP contribution in [0.5, 0.6) is 0 Å². The van der Waals surface area contributed by atoms with Crippen LogP contribution in [-0.4, -0.2) is 18.1 Å². The smallest absolute Gasteiger partial charge is 0.263 e. The van der Waals surface area contributed by atoms with Crippen LogP contribution in [0.25, 0.3) is 0 Å². The number of aromatic nitrogens is 1. The summed E-state index contributed by atoms with van der Waals surface area (Å²) in [5.41, 5.74) is 0.945. The Hall–Kier alpha value is -1.50. The number of aliphatic hydroxyl groups is 1. The van der Waals surface area contributed by atoms with Gasteiger partial charge in [0.15, 0.2) is 0 Å². The number of para-hydroxylation sites is 1. The van der Waals surface area contributed by atoms with Crippen molar-refractivity contribution >= 4 is 27.3 Å². The van der Waals surface area contributed by atoms with Gasteiger partial charge in [-0.25, -0.2) is 8.42 Å². The molecule has 2 aromatic rings. The number of halogens is 1. The number of hydrogen-bond acceptors (Lipinski definition) is 3. The molecule has 1 aromatic heterocycles. The zero-order valence-corrected chi connectivity index (χ0v) is 12.7. The van der Waals surface area contributed by atoms with Crippen molar-refractivity contribution < 1.29 is 13.5 Å². The minimum absolute atomic E-state index is 0.137. The van der Waals surface area contributed by atoms with Crippen LogP contribution >= 0.6 is 11.6 Å². The van der Waals surface area contributed by atoms with Crippen molar-refractivity contribution in [2.75, 3.05) is 4.72 Å². The SMILES string of the molecule is O=S(=O)(Nc1ccccc1Cl)c1cc(CO)n(C2CC2)c1. The van der Waals surface area contributed by atoms with E-state index in [1.54, 1.807) is 30.5 Å². The second-order valence-corrected chi connectivity index (χ2v) is 7.14. The molecule has 0 spiro atoms. The maximum absolute atomic E-state index is 12.4. The van der Waals surface area contributed by atoms with Gasteiger partial charge in [-0.15, -0.1) is 0 Å². The van der Waals surface area contributed by atoms with E-state index in [-0.39, 0.29) is 11.5 Å². The normalized spacial score (nSPS) is 15.1. The standard InChI is InChI=1S/C14H15ClN2O3S/c15-13-3-1-2-4-14(13)16-21(19,20)12-7-11(9-18)17(8-12)10-5-6-10/h1-4,7-8,10,16,18H,5-6,9H2. The molecule has 7 heteroatoms. The third-order valence-corrected chi connectivity index (χ3v) is 5.10. The molecule has 1 fully saturated rings. The van der Waals surface area contributed by atoms with E-state index in [2.05, 4.69) is 4.72 Å². The Morgan fingerprint density at radius 3 is 2.67 bits per heavy atom. The molecule has 21 heavy (non-hydrogen) atoms. The molecule has 112 valence electrons. The summed E-state index contributed by atoms with van der Waals surface area (Å²) in [4.78, 5) is 0.137. The number of benzene rings is 1. The fourth-order valence-corrected chi connectivity index (χ4v) is 3.58. The van der Waals surface area contributed by atoms with Crippen LogP contribution in [0, 0.1) is 0 Å². The monoisotopic (exact) mass is 326 g/mol. The van der Waals surface area contributed by atoms with Crippen molar-refractivity contribution in [3.8, 4) is 0 Å². The quantitative estimate of drug-likeness (QED) is 0.887. The van der Waals surface area contributed by atoms with Gasteiger partial charge in [-0.3, -0.25) is 4.72 Å². The molecular weight excluding hydrogens is 312 g/mol. The summed E-state index contributed by atoms with van der Waals surface area (Å²) < 4.78 is 29.1. The van der Waals surface area contributed by atoms with Gasteiger partial charge in [-0.05, 0) is 31.0 Å². The van der Waals surface area contributed by atoms with E-state index < -0.39 is 10.0 Å². The lowest BCUT2D eigenvalue weighted by Gasteiger charge is -2.07. The molecule has 0 saturated heterocycles. The van der Waals surface area contributed by atoms with Crippen LogP contribution in [0.1, 0.15) is 24.6 Å². The minimum atomic E-state index is -3.72. The lowest BCUT2D eigenvalue weighted by molar-refractivity contribution is 0.270. The fraction of sp³-hybridized carbons (Fsp3) is 0.286. The van der Waals surface area contributed by atoms with Gasteiger partial charge < -0.3 is 9.67 Å². The molecule has 3 rings (SSSR count). The summed E-state index contributed by atoms with van der Waals surface area (Å²) in [5.74, 6) is 0. The molecule has 0 bridgehead atoms. The average Bonchev–Trinajstić information content (AvgIpc) is 3.19. The summed E-state index contributed by atoms with van der Waals surface area (Å²) in [7, 11) is -3.72. The number of anilines is 1. The molecule has 5 nitrogen and oxygen atoms in total. The zero-order chi connectivity index (χ0) is 15.0. The Balaban J connectivity index is 1.93. The lowest BCUT2D eigenvalue weighted by atomic mass is 10.3. The highest BCUT2D eigenvalue weighted by Gasteiger charge is 2.28. The van der Waals surface area contributed by atoms with E-state index >= 15 is 0 Å². The Bertz CT molecular complexity index is 766. The zero-order valence-electron chi connectivity index (χ0n) is 11.2. The largest absolute Gasteiger partial charge is 0.390 e. The van der Waals surface area contributed by atoms with Crippen molar-refractivity contribution in [1.29, 1.82) is 0 Å². The molecule has 0 amide bonds. The second-order valence-electron chi connectivity index (χ2n) is 5.05. The summed E-state index contributed by atoms with van der Waals surface area (Å²) in [5, 5.41) is 9.69. The van der Waals surface area contributed by atoms with Crippen LogP contribution in [-0.2, 0) is 16.6 Å². The highest BCUT2D eigenvalue weighted by molar-refractivity contribution is 7.92. The van der Waals surface area contributed by atoms with Crippen LogP contribution in [0.2, 0.25) is 5.02 Å². The van der Waals surface area contributed by atoms with Gasteiger partial charge in [0.1, 0.15) is 4.90 Å². The highest BCUT2D eigenvalue weighted by atomic mass is 35.5. The maximum atomic E-state index is 12.4. The number of rotatable bonds is 5. The van der Waals surface area contributed by atoms with Gasteiger partial charge in [0, 0.05) is 17.9 Å². The predicted molar refractivity (Wildman–Crippen MR) is 80.9 cm³/mol. The number of hydrogen-bond donors (Lipinski definition) is 2. The summed E-state index contributed by atoms with van der Waals surface area (Å²) in [6.07, 6.45) is 3.60. The molecule has 2 N–H and O–H groups in total. The third-order valence-electron chi connectivity index (χ3n) is 3.44. The number of nitrogens with zero attached hydrogens (tertiary/aromatic N) is 1. The number of sulfonamides is 1. The van der Waals surface area contributed by atoms with E-state index in [1.807, 2.05) is 4.57 Å². The van der Waals surface area contributed by atoms with Gasteiger partial charge in [0.05, 0.1) is 17.3 Å². The molecule has 0 unspecified atom stereocenters. The van der Waals surface area contributed by atoms with Crippen molar-refractivity contribution in [3.05, 3.63) is 47.2 Å². The first-order chi connectivity index (χ1) is 10.0. The predicted octanol–water partition coefficient (Wildman–Crippen LogP) is 2.77. The van der Waals surface area contributed by atoms with E-state index in [1.165, 1.54) is 6.07 Å². The molecule has 0 atom stereocenters. The van der Waals surface area contributed by atoms with E-state index in [0.717, 1.165) is 12.8 Å². The molecule has 1 heterocycles. The number of nitrogens with one attached hydrogen (secondary N) is 1. The molecular formula is C14H15ClN2O3S. The Morgan fingerprint density at radius 2 is 2.05 bits per heavy atom. The molecule has 1 aliphatic carbocycles. The first kappa shape index (κ1) is 14.4. The first-order valence-corrected chi connectivity index (χ1v) is 8.46. The molecule has 1 aromatic carbocycles. The molecule has 0 aliphatic heterocycles. The number of aliphatic hydroxyl groups excluding tert-OH is 1. The Kier molecular flexibility index (Phi) is 3.69. The first-order valence-electron chi connectivity index (χ1n) is 6.60. The third kappa shape index (κ3) is 2.92. The van der Waals surface area contributed by atoms with Crippen molar-refractivity contribution in [2.24, 2.45) is 0 Å². The van der Waals surface area contributed by atoms with Gasteiger partial charge in [-0.1, -0.05) is 23.7 Å². The van der Waals surface area contributed by atoms with Crippen LogP contribution < -0.4 is 4.72 Å². The van der Waals surface area contributed by atoms with E-state index in [4.69, 9.17) is 11.6 Å². The summed E-state index contributed by atoms with van der Waals surface area (Å²) in [6.45, 7) is -0.182. The molecule has 0 radical (unpaired) electrons. The fourth-order valence-electron chi connectivity index (χ4n) is 2.21. The van der Waals surface area contributed by atoms with Crippen molar-refractivity contribution in [1.82, 2.24) is 4.57 Å². The van der Waals surface area contributed by atoms with E-state index in [0.29, 0.717) is 22.4 Å². The van der Waals surface area contributed by atoms with Gasteiger partial charge in [-0.2, -0.15) is 0 Å². The highest BCUT2D eigenvalue weighted by Crippen LogP contribution is 2.37. The van der Waals surface area contributed by atoms with E-state index in [9.17, 15) is 13.5 Å². The molecule has 1 aliphatic rings. The lowest BCUT2D eigenvalue weighted by Crippen LogP contribution is -2.12. The second kappa shape index (κ2) is 5.36.